The van der Waals surface area contributed by atoms with Gasteiger partial charge in [0.2, 0.25) is 0 Å². The van der Waals surface area contributed by atoms with Crippen molar-refractivity contribution in [3.8, 4) is 5.75 Å². The number of ether oxygens (including phenoxy) is 1. The van der Waals surface area contributed by atoms with Gasteiger partial charge in [-0.1, -0.05) is 6.58 Å². The fourth-order valence-corrected chi connectivity index (χ4v) is 0.816. The van der Waals surface area contributed by atoms with Gasteiger partial charge >= 0.3 is 5.97 Å². The highest BCUT2D eigenvalue weighted by molar-refractivity contribution is 5.88. The number of aromatic carboxylic acids is 1. The molecule has 0 aromatic heterocycles. The Bertz CT molecular complexity index is 347. The Hall–Kier alpha value is -1.84. The number of halogens is 1. The Morgan fingerprint density at radius 2 is 2.31 bits per heavy atom. The third kappa shape index (κ3) is 2.05. The average Bonchev–Trinajstić information content (AvgIpc) is 2.08. The van der Waals surface area contributed by atoms with E-state index in [0.29, 0.717) is 0 Å². The number of rotatable bonds is 3. The van der Waals surface area contributed by atoms with E-state index in [-0.39, 0.29) is 11.3 Å². The van der Waals surface area contributed by atoms with Crippen molar-refractivity contribution in [1.29, 1.82) is 0 Å². The van der Waals surface area contributed by atoms with Gasteiger partial charge in [-0.2, -0.15) is 0 Å². The van der Waals surface area contributed by atoms with Crippen LogP contribution in [0.2, 0.25) is 0 Å². The van der Waals surface area contributed by atoms with Crippen LogP contribution in [0.4, 0.5) is 4.39 Å². The predicted octanol–water partition coefficient (Wildman–Crippen LogP) is 2.05. The summed E-state index contributed by atoms with van der Waals surface area (Å²) < 4.78 is 17.5. The van der Waals surface area contributed by atoms with Gasteiger partial charge in [0.05, 0.1) is 11.8 Å². The lowest BCUT2D eigenvalue weighted by atomic mass is 10.2. The Morgan fingerprint density at radius 3 is 2.85 bits per heavy atom. The average molecular weight is 182 g/mol. The normalized spacial score (nSPS) is 9.31. The zero-order valence-corrected chi connectivity index (χ0v) is 6.66. The summed E-state index contributed by atoms with van der Waals surface area (Å²) in [5.41, 5.74) is -0.0294. The highest BCUT2D eigenvalue weighted by Gasteiger charge is 2.08. The minimum Gasteiger partial charge on any atom is -0.478 e. The van der Waals surface area contributed by atoms with Crippen LogP contribution in [0.15, 0.2) is 31.0 Å². The first-order chi connectivity index (χ1) is 6.15. The Labute approximate surface area is 74.1 Å². The van der Waals surface area contributed by atoms with Gasteiger partial charge in [-0.15, -0.1) is 0 Å². The summed E-state index contributed by atoms with van der Waals surface area (Å²) in [6.07, 6.45) is 1.03. The van der Waals surface area contributed by atoms with Crippen molar-refractivity contribution in [2.24, 2.45) is 0 Å². The molecule has 3 nitrogen and oxygen atoms in total. The van der Waals surface area contributed by atoms with E-state index in [1.165, 1.54) is 0 Å². The molecule has 0 saturated carbocycles. The molecule has 0 atom stereocenters. The molecule has 1 rings (SSSR count). The first-order valence-corrected chi connectivity index (χ1v) is 3.45. The van der Waals surface area contributed by atoms with Crippen molar-refractivity contribution in [3.05, 3.63) is 42.4 Å². The maximum Gasteiger partial charge on any atom is 0.335 e. The number of hydrogen-bond donors (Lipinski definition) is 1. The van der Waals surface area contributed by atoms with E-state index >= 15 is 0 Å². The van der Waals surface area contributed by atoms with Crippen LogP contribution >= 0.6 is 0 Å². The van der Waals surface area contributed by atoms with E-state index in [2.05, 4.69) is 11.3 Å². The van der Waals surface area contributed by atoms with E-state index in [1.807, 2.05) is 0 Å². The molecule has 0 aliphatic carbocycles. The second-order valence-electron chi connectivity index (χ2n) is 2.23. The van der Waals surface area contributed by atoms with Crippen molar-refractivity contribution in [1.82, 2.24) is 0 Å². The highest BCUT2D eigenvalue weighted by atomic mass is 19.1. The topological polar surface area (TPSA) is 46.5 Å². The molecule has 0 aliphatic rings. The molecule has 0 fully saturated rings. The molecule has 0 heterocycles. The molecule has 1 N–H and O–H groups in total. The van der Waals surface area contributed by atoms with E-state index in [0.717, 1.165) is 24.5 Å². The number of carbonyl (C=O) groups is 1. The quantitative estimate of drug-likeness (QED) is 0.727. The first-order valence-electron chi connectivity index (χ1n) is 3.45. The first kappa shape index (κ1) is 9.25. The van der Waals surface area contributed by atoms with Crippen molar-refractivity contribution in [2.75, 3.05) is 0 Å². The number of carboxylic acid groups (broad SMARTS) is 1. The molecule has 4 heteroatoms. The molecule has 1 aromatic carbocycles. The van der Waals surface area contributed by atoms with Crippen LogP contribution < -0.4 is 4.74 Å². The maximum atomic E-state index is 12.9. The lowest BCUT2D eigenvalue weighted by Gasteiger charge is -2.02. The molecule has 0 aliphatic heterocycles. The number of carboxylic acids is 1. The summed E-state index contributed by atoms with van der Waals surface area (Å²) >= 11 is 0. The van der Waals surface area contributed by atoms with E-state index in [1.54, 1.807) is 0 Å². The molecular formula is C9H7FO3. The van der Waals surface area contributed by atoms with Crippen LogP contribution in [0.5, 0.6) is 5.75 Å². The predicted molar refractivity (Wildman–Crippen MR) is 44.2 cm³/mol. The summed E-state index contributed by atoms with van der Waals surface area (Å²) in [6.45, 7) is 3.24. The lowest BCUT2D eigenvalue weighted by Crippen LogP contribution is -1.97. The Balaban J connectivity index is 3.10. The largest absolute Gasteiger partial charge is 0.478 e. The molecule has 13 heavy (non-hydrogen) atoms. The third-order valence-corrected chi connectivity index (χ3v) is 1.39. The minimum atomic E-state index is -1.13. The van der Waals surface area contributed by atoms with Crippen molar-refractivity contribution < 1.29 is 19.0 Å². The summed E-state index contributed by atoms with van der Waals surface area (Å²) in [4.78, 5) is 10.5. The maximum absolute atomic E-state index is 12.9. The van der Waals surface area contributed by atoms with Crippen LogP contribution in [-0.2, 0) is 0 Å². The van der Waals surface area contributed by atoms with Crippen LogP contribution in [0, 0.1) is 5.82 Å². The lowest BCUT2D eigenvalue weighted by molar-refractivity contribution is 0.0696. The van der Waals surface area contributed by atoms with E-state index < -0.39 is 11.8 Å². The smallest absolute Gasteiger partial charge is 0.335 e. The molecular weight excluding hydrogens is 175 g/mol. The van der Waals surface area contributed by atoms with Gasteiger partial charge in [0, 0.05) is 0 Å². The molecule has 0 saturated heterocycles. The summed E-state index contributed by atoms with van der Waals surface area (Å²) in [5, 5.41) is 8.56. The molecule has 0 bridgehead atoms. The summed E-state index contributed by atoms with van der Waals surface area (Å²) in [7, 11) is 0. The molecule has 1 aromatic rings. The molecule has 0 unspecified atom stereocenters. The summed E-state index contributed by atoms with van der Waals surface area (Å²) in [6, 6.07) is 3.29. The van der Waals surface area contributed by atoms with E-state index in [9.17, 15) is 9.18 Å². The molecule has 68 valence electrons. The molecule has 0 spiro atoms. The second kappa shape index (κ2) is 3.71. The Kier molecular flexibility index (Phi) is 2.64. The fraction of sp³-hybridized carbons (Fsp3) is 0. The zero-order valence-electron chi connectivity index (χ0n) is 6.66. The monoisotopic (exact) mass is 182 g/mol. The minimum absolute atomic E-state index is 0.0294. The van der Waals surface area contributed by atoms with Crippen LogP contribution in [-0.4, -0.2) is 11.1 Å². The fourth-order valence-electron chi connectivity index (χ4n) is 0.816. The molecule has 0 radical (unpaired) electrons. The van der Waals surface area contributed by atoms with Crippen molar-refractivity contribution >= 4 is 5.97 Å². The van der Waals surface area contributed by atoms with Gasteiger partial charge < -0.3 is 9.84 Å². The second-order valence-corrected chi connectivity index (χ2v) is 2.23. The van der Waals surface area contributed by atoms with Gasteiger partial charge in [-0.3, -0.25) is 0 Å². The van der Waals surface area contributed by atoms with Gasteiger partial charge in [0.25, 0.3) is 0 Å². The summed E-state index contributed by atoms with van der Waals surface area (Å²) in [5.74, 6) is -1.89. The van der Waals surface area contributed by atoms with Gasteiger partial charge in [0.1, 0.15) is 0 Å². The van der Waals surface area contributed by atoms with Crippen LogP contribution in [0.25, 0.3) is 0 Å². The van der Waals surface area contributed by atoms with E-state index in [4.69, 9.17) is 5.11 Å². The van der Waals surface area contributed by atoms with Gasteiger partial charge in [0.15, 0.2) is 11.6 Å². The SMILES string of the molecule is C=COc1cc(C(=O)O)ccc1F. The van der Waals surface area contributed by atoms with Crippen molar-refractivity contribution in [3.63, 3.8) is 0 Å². The van der Waals surface area contributed by atoms with Crippen LogP contribution in [0.3, 0.4) is 0 Å². The number of benzene rings is 1. The molecule has 0 amide bonds. The van der Waals surface area contributed by atoms with Gasteiger partial charge in [-0.05, 0) is 18.2 Å². The van der Waals surface area contributed by atoms with Crippen molar-refractivity contribution in [2.45, 2.75) is 0 Å². The van der Waals surface area contributed by atoms with Gasteiger partial charge in [-0.25, -0.2) is 9.18 Å². The standard InChI is InChI=1S/C9H7FO3/c1-2-13-8-5-6(9(11)12)3-4-7(8)10/h2-5H,1H2,(H,11,12). The van der Waals surface area contributed by atoms with Crippen LogP contribution in [0.1, 0.15) is 10.4 Å². The Morgan fingerprint density at radius 1 is 1.62 bits per heavy atom. The number of hydrogen-bond acceptors (Lipinski definition) is 2. The zero-order chi connectivity index (χ0) is 9.84. The highest BCUT2D eigenvalue weighted by Crippen LogP contribution is 2.18. The third-order valence-electron chi connectivity index (χ3n) is 1.39.